The molecule has 0 bridgehead atoms. The molecule has 124 valence electrons. The van der Waals surface area contributed by atoms with Gasteiger partial charge in [-0.05, 0) is 37.6 Å². The molecule has 0 spiro atoms. The predicted octanol–water partition coefficient (Wildman–Crippen LogP) is 1.93. The van der Waals surface area contributed by atoms with E-state index in [0.29, 0.717) is 24.9 Å². The van der Waals surface area contributed by atoms with Gasteiger partial charge in [0.05, 0.1) is 19.7 Å². The number of hydrogen-bond donors (Lipinski definition) is 1. The molecule has 2 unspecified atom stereocenters. The Morgan fingerprint density at radius 3 is 2.73 bits per heavy atom. The molecule has 1 heterocycles. The highest BCUT2D eigenvalue weighted by Crippen LogP contribution is 2.24. The molecule has 0 aromatic rings. The lowest BCUT2D eigenvalue weighted by atomic mass is 9.88. The van der Waals surface area contributed by atoms with Gasteiger partial charge in [0.15, 0.2) is 0 Å². The fourth-order valence-corrected chi connectivity index (χ4v) is 3.87. The molecule has 2 aliphatic rings. The first kappa shape index (κ1) is 17.2. The van der Waals surface area contributed by atoms with E-state index >= 15 is 0 Å². The van der Waals surface area contributed by atoms with Crippen molar-refractivity contribution in [2.45, 2.75) is 51.0 Å². The molecule has 0 aromatic heterocycles. The fourth-order valence-electron chi connectivity index (χ4n) is 3.87. The minimum Gasteiger partial charge on any atom is -0.469 e. The normalized spacial score (nSPS) is 27.3. The van der Waals surface area contributed by atoms with Crippen LogP contribution >= 0.6 is 0 Å². The molecule has 2 atom stereocenters. The number of rotatable bonds is 6. The molecule has 1 saturated heterocycles. The number of likely N-dealkylation sites (tertiary alicyclic amines) is 1. The summed E-state index contributed by atoms with van der Waals surface area (Å²) in [5, 5.41) is 12.6. The highest BCUT2D eigenvalue weighted by atomic mass is 16.5. The van der Waals surface area contributed by atoms with Crippen molar-refractivity contribution in [2.24, 2.45) is 11.8 Å². The Morgan fingerprint density at radius 1 is 1.27 bits per heavy atom. The van der Waals surface area contributed by atoms with Crippen LogP contribution in [0.25, 0.3) is 0 Å². The van der Waals surface area contributed by atoms with Crippen LogP contribution in [-0.4, -0.2) is 50.2 Å². The van der Waals surface area contributed by atoms with Crippen molar-refractivity contribution < 1.29 is 9.53 Å². The molecule has 0 aromatic carbocycles. The molecule has 2 rings (SSSR count). The molecule has 1 N–H and O–H groups in total. The standard InChI is InChI=1S/C17H29N3O2/c1-22-17(21)10-15-9-16(13-20(12-15)8-7-18)19-11-14-5-3-2-4-6-14/h14-16,19H,2-6,8-13H2,1H3. The minimum atomic E-state index is -0.144. The lowest BCUT2D eigenvalue weighted by molar-refractivity contribution is -0.142. The Bertz CT molecular complexity index is 388. The fraction of sp³-hybridized carbons (Fsp3) is 0.882. The zero-order valence-corrected chi connectivity index (χ0v) is 13.7. The number of carbonyl (C=O) groups is 1. The predicted molar refractivity (Wildman–Crippen MR) is 85.2 cm³/mol. The van der Waals surface area contributed by atoms with Crippen molar-refractivity contribution in [3.05, 3.63) is 0 Å². The summed E-state index contributed by atoms with van der Waals surface area (Å²) in [7, 11) is 1.44. The van der Waals surface area contributed by atoms with Crippen LogP contribution in [-0.2, 0) is 9.53 Å². The van der Waals surface area contributed by atoms with Crippen molar-refractivity contribution in [3.63, 3.8) is 0 Å². The van der Waals surface area contributed by atoms with Crippen LogP contribution in [0.5, 0.6) is 0 Å². The van der Waals surface area contributed by atoms with Crippen LogP contribution in [0.3, 0.4) is 0 Å². The number of carbonyl (C=O) groups excluding carboxylic acids is 1. The Kier molecular flexibility index (Phi) is 7.14. The maximum atomic E-state index is 11.5. The van der Waals surface area contributed by atoms with Crippen LogP contribution in [0.1, 0.15) is 44.9 Å². The molecule has 0 radical (unpaired) electrons. The van der Waals surface area contributed by atoms with Crippen molar-refractivity contribution in [1.29, 1.82) is 5.26 Å². The summed E-state index contributed by atoms with van der Waals surface area (Å²) in [5.74, 6) is 0.951. The van der Waals surface area contributed by atoms with Crippen LogP contribution in [0.4, 0.5) is 0 Å². The smallest absolute Gasteiger partial charge is 0.305 e. The van der Waals surface area contributed by atoms with Gasteiger partial charge in [-0.2, -0.15) is 5.26 Å². The van der Waals surface area contributed by atoms with Gasteiger partial charge < -0.3 is 10.1 Å². The number of hydrogen-bond acceptors (Lipinski definition) is 5. The average Bonchev–Trinajstić information content (AvgIpc) is 2.54. The van der Waals surface area contributed by atoms with E-state index in [2.05, 4.69) is 16.3 Å². The van der Waals surface area contributed by atoms with Crippen LogP contribution in [0, 0.1) is 23.2 Å². The van der Waals surface area contributed by atoms with Gasteiger partial charge in [-0.25, -0.2) is 0 Å². The van der Waals surface area contributed by atoms with Gasteiger partial charge in [-0.3, -0.25) is 9.69 Å². The molecule has 2 fully saturated rings. The third-order valence-electron chi connectivity index (χ3n) is 5.01. The Labute approximate surface area is 134 Å². The molecular weight excluding hydrogens is 278 g/mol. The monoisotopic (exact) mass is 307 g/mol. The maximum absolute atomic E-state index is 11.5. The van der Waals surface area contributed by atoms with E-state index in [9.17, 15) is 4.79 Å². The first-order chi connectivity index (χ1) is 10.7. The molecule has 0 amide bonds. The lowest BCUT2D eigenvalue weighted by Gasteiger charge is -2.37. The van der Waals surface area contributed by atoms with Crippen molar-refractivity contribution in [2.75, 3.05) is 33.3 Å². The van der Waals surface area contributed by atoms with Crippen LogP contribution in [0.15, 0.2) is 0 Å². The second-order valence-corrected chi connectivity index (χ2v) is 6.84. The summed E-state index contributed by atoms with van der Waals surface area (Å²) in [6.45, 7) is 3.26. The number of ether oxygens (including phenoxy) is 1. The molecular formula is C17H29N3O2. The van der Waals surface area contributed by atoms with Gasteiger partial charge in [0, 0.05) is 25.6 Å². The van der Waals surface area contributed by atoms with Gasteiger partial charge in [-0.15, -0.1) is 0 Å². The number of nitriles is 1. The summed E-state index contributed by atoms with van der Waals surface area (Å²) < 4.78 is 4.80. The van der Waals surface area contributed by atoms with Crippen molar-refractivity contribution in [1.82, 2.24) is 10.2 Å². The summed E-state index contributed by atoms with van der Waals surface area (Å²) >= 11 is 0. The quantitative estimate of drug-likeness (QED) is 0.600. The van der Waals surface area contributed by atoms with E-state index in [1.165, 1.54) is 39.2 Å². The summed E-state index contributed by atoms with van der Waals surface area (Å²) in [4.78, 5) is 13.7. The maximum Gasteiger partial charge on any atom is 0.305 e. The minimum absolute atomic E-state index is 0.144. The van der Waals surface area contributed by atoms with Gasteiger partial charge >= 0.3 is 5.97 Å². The number of methoxy groups -OCH3 is 1. The number of esters is 1. The first-order valence-corrected chi connectivity index (χ1v) is 8.60. The third-order valence-corrected chi connectivity index (χ3v) is 5.01. The van der Waals surface area contributed by atoms with Gasteiger partial charge in [-0.1, -0.05) is 19.3 Å². The Balaban J connectivity index is 1.82. The second kappa shape index (κ2) is 9.12. The first-order valence-electron chi connectivity index (χ1n) is 8.60. The highest BCUT2D eigenvalue weighted by molar-refractivity contribution is 5.69. The number of nitrogens with one attached hydrogen (secondary N) is 1. The van der Waals surface area contributed by atoms with E-state index < -0.39 is 0 Å². The van der Waals surface area contributed by atoms with Gasteiger partial charge in [0.1, 0.15) is 0 Å². The van der Waals surface area contributed by atoms with E-state index in [-0.39, 0.29) is 5.97 Å². The van der Waals surface area contributed by atoms with Gasteiger partial charge in [0.25, 0.3) is 0 Å². The van der Waals surface area contributed by atoms with Gasteiger partial charge in [0.2, 0.25) is 0 Å². The number of nitrogens with zero attached hydrogens (tertiary/aromatic N) is 2. The van der Waals surface area contributed by atoms with Crippen molar-refractivity contribution >= 4 is 5.97 Å². The van der Waals surface area contributed by atoms with E-state index in [4.69, 9.17) is 10.00 Å². The van der Waals surface area contributed by atoms with Crippen LogP contribution < -0.4 is 5.32 Å². The summed E-state index contributed by atoms with van der Waals surface area (Å²) in [6, 6.07) is 2.62. The Hall–Kier alpha value is -1.12. The largest absolute Gasteiger partial charge is 0.469 e. The molecule has 5 nitrogen and oxygen atoms in total. The average molecular weight is 307 g/mol. The summed E-state index contributed by atoms with van der Waals surface area (Å²) in [5.41, 5.74) is 0. The van der Waals surface area contributed by atoms with Crippen molar-refractivity contribution in [3.8, 4) is 6.07 Å². The van der Waals surface area contributed by atoms with Crippen LogP contribution in [0.2, 0.25) is 0 Å². The molecule has 22 heavy (non-hydrogen) atoms. The molecule has 5 heteroatoms. The number of piperidine rings is 1. The zero-order chi connectivity index (χ0) is 15.8. The summed E-state index contributed by atoms with van der Waals surface area (Å²) in [6.07, 6.45) is 8.26. The second-order valence-electron chi connectivity index (χ2n) is 6.84. The zero-order valence-electron chi connectivity index (χ0n) is 13.7. The molecule has 1 aliphatic heterocycles. The lowest BCUT2D eigenvalue weighted by Crippen LogP contribution is -2.50. The highest BCUT2D eigenvalue weighted by Gasteiger charge is 2.29. The topological polar surface area (TPSA) is 65.4 Å². The van der Waals surface area contributed by atoms with E-state index in [1.807, 2.05) is 0 Å². The molecule has 1 saturated carbocycles. The SMILES string of the molecule is COC(=O)CC1CC(NCC2CCCCC2)CN(CC#N)C1. The van der Waals surface area contributed by atoms with E-state index in [1.54, 1.807) is 0 Å². The van der Waals surface area contributed by atoms with E-state index in [0.717, 1.165) is 32.0 Å². The third kappa shape index (κ3) is 5.58. The Morgan fingerprint density at radius 2 is 2.05 bits per heavy atom. The molecule has 1 aliphatic carbocycles.